The highest BCUT2D eigenvalue weighted by atomic mass is 16.4. The maximum absolute atomic E-state index is 11.2. The number of carboxylic acid groups (broad SMARTS) is 1. The molecule has 0 aliphatic heterocycles. The molecule has 0 aromatic carbocycles. The van der Waals surface area contributed by atoms with Gasteiger partial charge in [0.2, 0.25) is 0 Å². The molecule has 1 aliphatic carbocycles. The first kappa shape index (κ1) is 11.8. The van der Waals surface area contributed by atoms with Crippen LogP contribution < -0.4 is 10.6 Å². The van der Waals surface area contributed by atoms with E-state index < -0.39 is 12.0 Å². The maximum atomic E-state index is 11.2. The van der Waals surface area contributed by atoms with Crippen LogP contribution in [0.1, 0.15) is 32.6 Å². The highest BCUT2D eigenvalue weighted by Crippen LogP contribution is 2.31. The quantitative estimate of drug-likeness (QED) is 0.616. The molecule has 0 unspecified atom stereocenters. The number of carbonyl (C=O) groups excluding carboxylic acids is 1. The van der Waals surface area contributed by atoms with Crippen molar-refractivity contribution in [3.05, 3.63) is 0 Å². The molecule has 2 amide bonds. The fourth-order valence-corrected chi connectivity index (χ4v) is 1.34. The topological polar surface area (TPSA) is 78.4 Å². The normalized spacial score (nSPS) is 16.9. The van der Waals surface area contributed by atoms with Gasteiger partial charge in [-0.05, 0) is 18.8 Å². The Hall–Kier alpha value is -1.26. The number of rotatable bonds is 6. The van der Waals surface area contributed by atoms with Gasteiger partial charge in [-0.2, -0.15) is 0 Å². The molecule has 0 spiro atoms. The van der Waals surface area contributed by atoms with Crippen molar-refractivity contribution < 1.29 is 14.7 Å². The third-order valence-corrected chi connectivity index (χ3v) is 2.55. The molecule has 0 aromatic heterocycles. The van der Waals surface area contributed by atoms with E-state index in [1.165, 1.54) is 12.8 Å². The summed E-state index contributed by atoms with van der Waals surface area (Å²) in [5.41, 5.74) is 0. The van der Waals surface area contributed by atoms with Crippen LogP contribution in [0.3, 0.4) is 0 Å². The van der Waals surface area contributed by atoms with Gasteiger partial charge in [-0.1, -0.05) is 19.8 Å². The lowest BCUT2D eigenvalue weighted by atomic mass is 10.2. The molecule has 0 saturated heterocycles. The van der Waals surface area contributed by atoms with E-state index in [9.17, 15) is 9.59 Å². The molecule has 1 fully saturated rings. The third kappa shape index (κ3) is 4.67. The van der Waals surface area contributed by atoms with Crippen LogP contribution in [0.2, 0.25) is 0 Å². The molecule has 0 radical (unpaired) electrons. The highest BCUT2D eigenvalue weighted by molar-refractivity contribution is 5.82. The molecule has 86 valence electrons. The fraction of sp³-hybridized carbons (Fsp3) is 0.800. The van der Waals surface area contributed by atoms with E-state index >= 15 is 0 Å². The van der Waals surface area contributed by atoms with Crippen molar-refractivity contribution in [2.45, 2.75) is 38.6 Å². The second-order valence-corrected chi connectivity index (χ2v) is 3.93. The Morgan fingerprint density at radius 1 is 1.47 bits per heavy atom. The molecule has 5 nitrogen and oxygen atoms in total. The third-order valence-electron chi connectivity index (χ3n) is 2.55. The number of amides is 2. The molecule has 3 N–H and O–H groups in total. The first-order valence-corrected chi connectivity index (χ1v) is 5.40. The van der Waals surface area contributed by atoms with Crippen LogP contribution in [0.5, 0.6) is 0 Å². The average Bonchev–Trinajstić information content (AvgIpc) is 2.97. The van der Waals surface area contributed by atoms with E-state index in [2.05, 4.69) is 10.6 Å². The Bertz CT molecular complexity index is 239. The molecular formula is C10H18N2O3. The SMILES string of the molecule is CC[C@H](NC(=O)NCCC1CC1)C(=O)O. The van der Waals surface area contributed by atoms with Crippen LogP contribution in [0, 0.1) is 5.92 Å². The molecule has 1 rings (SSSR count). The zero-order chi connectivity index (χ0) is 11.3. The summed E-state index contributed by atoms with van der Waals surface area (Å²) in [5.74, 6) is -0.221. The zero-order valence-electron chi connectivity index (χ0n) is 8.95. The minimum Gasteiger partial charge on any atom is -0.480 e. The second kappa shape index (κ2) is 5.58. The van der Waals surface area contributed by atoms with Crippen LogP contribution in [-0.2, 0) is 4.79 Å². The van der Waals surface area contributed by atoms with Crippen molar-refractivity contribution in [3.8, 4) is 0 Å². The van der Waals surface area contributed by atoms with E-state index in [0.717, 1.165) is 12.3 Å². The van der Waals surface area contributed by atoms with Crippen molar-refractivity contribution in [1.82, 2.24) is 10.6 Å². The summed E-state index contributed by atoms with van der Waals surface area (Å²) in [5, 5.41) is 13.8. The van der Waals surface area contributed by atoms with Crippen LogP contribution in [0.25, 0.3) is 0 Å². The number of carboxylic acids is 1. The van der Waals surface area contributed by atoms with Crippen LogP contribution >= 0.6 is 0 Å². The summed E-state index contributed by atoms with van der Waals surface area (Å²) in [6, 6.07) is -1.17. The van der Waals surface area contributed by atoms with Gasteiger partial charge in [0.15, 0.2) is 0 Å². The number of aliphatic carboxylic acids is 1. The van der Waals surface area contributed by atoms with Gasteiger partial charge in [-0.15, -0.1) is 0 Å². The second-order valence-electron chi connectivity index (χ2n) is 3.93. The monoisotopic (exact) mass is 214 g/mol. The molecule has 0 aromatic rings. The van der Waals surface area contributed by atoms with Gasteiger partial charge >= 0.3 is 12.0 Å². The van der Waals surface area contributed by atoms with Crippen LogP contribution in [0.15, 0.2) is 0 Å². The van der Waals surface area contributed by atoms with Crippen LogP contribution in [0.4, 0.5) is 4.79 Å². The molecule has 1 saturated carbocycles. The predicted octanol–water partition coefficient (Wildman–Crippen LogP) is 0.949. The van der Waals surface area contributed by atoms with E-state index in [1.54, 1.807) is 6.92 Å². The summed E-state index contributed by atoms with van der Waals surface area (Å²) in [6.07, 6.45) is 3.91. The standard InChI is InChI=1S/C10H18N2O3/c1-2-8(9(13)14)12-10(15)11-6-5-7-3-4-7/h7-8H,2-6H2,1H3,(H,13,14)(H2,11,12,15)/t8-/m0/s1. The smallest absolute Gasteiger partial charge is 0.326 e. The zero-order valence-corrected chi connectivity index (χ0v) is 8.95. The van der Waals surface area contributed by atoms with E-state index in [1.807, 2.05) is 0 Å². The Morgan fingerprint density at radius 2 is 2.13 bits per heavy atom. The summed E-state index contributed by atoms with van der Waals surface area (Å²) < 4.78 is 0. The van der Waals surface area contributed by atoms with E-state index in [0.29, 0.717) is 13.0 Å². The molecular weight excluding hydrogens is 196 g/mol. The van der Waals surface area contributed by atoms with E-state index in [4.69, 9.17) is 5.11 Å². The van der Waals surface area contributed by atoms with Crippen molar-refractivity contribution >= 4 is 12.0 Å². The lowest BCUT2D eigenvalue weighted by Crippen LogP contribution is -2.45. The Morgan fingerprint density at radius 3 is 2.60 bits per heavy atom. The number of urea groups is 1. The Kier molecular flexibility index (Phi) is 4.39. The average molecular weight is 214 g/mol. The molecule has 15 heavy (non-hydrogen) atoms. The van der Waals surface area contributed by atoms with Crippen LogP contribution in [-0.4, -0.2) is 29.7 Å². The molecule has 1 aliphatic rings. The highest BCUT2D eigenvalue weighted by Gasteiger charge is 2.21. The first-order chi connectivity index (χ1) is 7.13. The van der Waals surface area contributed by atoms with Crippen molar-refractivity contribution in [3.63, 3.8) is 0 Å². The fourth-order valence-electron chi connectivity index (χ4n) is 1.34. The van der Waals surface area contributed by atoms with Crippen molar-refractivity contribution in [2.75, 3.05) is 6.54 Å². The van der Waals surface area contributed by atoms with Gasteiger partial charge in [-0.25, -0.2) is 9.59 Å². The lowest BCUT2D eigenvalue weighted by Gasteiger charge is -2.12. The minimum absolute atomic E-state index is 0.384. The maximum Gasteiger partial charge on any atom is 0.326 e. The van der Waals surface area contributed by atoms with E-state index in [-0.39, 0.29) is 6.03 Å². The van der Waals surface area contributed by atoms with Gasteiger partial charge in [-0.3, -0.25) is 0 Å². The lowest BCUT2D eigenvalue weighted by molar-refractivity contribution is -0.139. The molecule has 0 heterocycles. The Balaban J connectivity index is 2.12. The largest absolute Gasteiger partial charge is 0.480 e. The minimum atomic E-state index is -0.991. The number of hydrogen-bond acceptors (Lipinski definition) is 2. The molecule has 5 heteroatoms. The van der Waals surface area contributed by atoms with Gasteiger partial charge in [0.05, 0.1) is 0 Å². The molecule has 1 atom stereocenters. The van der Waals surface area contributed by atoms with Gasteiger partial charge in [0.1, 0.15) is 6.04 Å². The summed E-state index contributed by atoms with van der Waals surface area (Å²) in [6.45, 7) is 2.36. The first-order valence-electron chi connectivity index (χ1n) is 5.40. The number of carbonyl (C=O) groups is 2. The predicted molar refractivity (Wildman–Crippen MR) is 55.6 cm³/mol. The summed E-state index contributed by atoms with van der Waals surface area (Å²) in [7, 11) is 0. The van der Waals surface area contributed by atoms with Gasteiger partial charge in [0, 0.05) is 6.54 Å². The molecule has 0 bridgehead atoms. The van der Waals surface area contributed by atoms with Crippen molar-refractivity contribution in [2.24, 2.45) is 5.92 Å². The summed E-state index contributed by atoms with van der Waals surface area (Å²) >= 11 is 0. The summed E-state index contributed by atoms with van der Waals surface area (Å²) in [4.78, 5) is 21.8. The van der Waals surface area contributed by atoms with Crippen molar-refractivity contribution in [1.29, 1.82) is 0 Å². The number of hydrogen-bond donors (Lipinski definition) is 3. The Labute approximate surface area is 89.2 Å². The number of nitrogens with one attached hydrogen (secondary N) is 2. The van der Waals surface area contributed by atoms with Gasteiger partial charge in [0.25, 0.3) is 0 Å². The van der Waals surface area contributed by atoms with Gasteiger partial charge < -0.3 is 15.7 Å².